The molecular formula is C14H16ClN3O2. The van der Waals surface area contributed by atoms with Crippen LogP contribution in [0.2, 0.25) is 5.02 Å². The van der Waals surface area contributed by atoms with Crippen molar-refractivity contribution < 1.29 is 9.47 Å². The quantitative estimate of drug-likeness (QED) is 0.924. The number of hydrogen-bond acceptors (Lipinski definition) is 4. The molecule has 0 saturated heterocycles. The standard InChI is InChI=1S/C14H16ClN3O2/c1-3-11-17-12(14(16)18(11)2)8-6-9(15)13-10(7-8)19-4-5-20-13/h6-7H,3-5,16H2,1-2H3. The fourth-order valence-corrected chi connectivity index (χ4v) is 2.60. The van der Waals surface area contributed by atoms with Crippen molar-refractivity contribution in [2.24, 2.45) is 7.05 Å². The Hall–Kier alpha value is -1.88. The van der Waals surface area contributed by atoms with E-state index in [9.17, 15) is 0 Å². The van der Waals surface area contributed by atoms with Crippen molar-refractivity contribution in [3.63, 3.8) is 0 Å². The van der Waals surface area contributed by atoms with Crippen LogP contribution in [0.1, 0.15) is 12.7 Å². The van der Waals surface area contributed by atoms with E-state index in [1.54, 1.807) is 0 Å². The van der Waals surface area contributed by atoms with Gasteiger partial charge in [-0.15, -0.1) is 0 Å². The van der Waals surface area contributed by atoms with Crippen LogP contribution in [0.25, 0.3) is 11.3 Å². The van der Waals surface area contributed by atoms with E-state index in [4.69, 9.17) is 26.8 Å². The van der Waals surface area contributed by atoms with Crippen LogP contribution >= 0.6 is 11.6 Å². The third kappa shape index (κ3) is 1.98. The molecule has 1 aromatic heterocycles. The number of nitrogens with two attached hydrogens (primary N) is 1. The SMILES string of the molecule is CCc1nc(-c2cc(Cl)c3c(c2)OCCO3)c(N)n1C. The minimum atomic E-state index is 0.512. The summed E-state index contributed by atoms with van der Waals surface area (Å²) in [7, 11) is 1.91. The van der Waals surface area contributed by atoms with Crippen molar-refractivity contribution in [3.8, 4) is 22.8 Å². The third-order valence-corrected chi connectivity index (χ3v) is 3.70. The second kappa shape index (κ2) is 4.90. The molecule has 0 fully saturated rings. The van der Waals surface area contributed by atoms with E-state index in [-0.39, 0.29) is 0 Å². The van der Waals surface area contributed by atoms with Crippen molar-refractivity contribution in [1.29, 1.82) is 0 Å². The summed E-state index contributed by atoms with van der Waals surface area (Å²) in [5, 5.41) is 0.514. The van der Waals surface area contributed by atoms with Gasteiger partial charge in [-0.2, -0.15) is 0 Å². The van der Waals surface area contributed by atoms with Gasteiger partial charge in [0.15, 0.2) is 11.5 Å². The second-order valence-corrected chi connectivity index (χ2v) is 5.06. The Kier molecular flexibility index (Phi) is 3.22. The molecule has 0 spiro atoms. The molecule has 0 atom stereocenters. The predicted octanol–water partition coefficient (Wildman–Crippen LogP) is 2.66. The Balaban J connectivity index is 2.13. The number of aryl methyl sites for hydroxylation is 1. The largest absolute Gasteiger partial charge is 0.486 e. The fraction of sp³-hybridized carbons (Fsp3) is 0.357. The summed E-state index contributed by atoms with van der Waals surface area (Å²) >= 11 is 6.25. The van der Waals surface area contributed by atoms with E-state index < -0.39 is 0 Å². The molecule has 2 aromatic rings. The highest BCUT2D eigenvalue weighted by Crippen LogP contribution is 2.41. The van der Waals surface area contributed by atoms with E-state index in [2.05, 4.69) is 4.98 Å². The lowest BCUT2D eigenvalue weighted by atomic mass is 10.1. The smallest absolute Gasteiger partial charge is 0.179 e. The number of halogens is 1. The average Bonchev–Trinajstić information content (AvgIpc) is 2.75. The van der Waals surface area contributed by atoms with E-state index in [0.717, 1.165) is 23.5 Å². The molecular weight excluding hydrogens is 278 g/mol. The van der Waals surface area contributed by atoms with Crippen LogP contribution in [0.4, 0.5) is 5.82 Å². The highest BCUT2D eigenvalue weighted by molar-refractivity contribution is 6.32. The zero-order valence-electron chi connectivity index (χ0n) is 11.4. The summed E-state index contributed by atoms with van der Waals surface area (Å²) in [6.45, 7) is 3.07. The first kappa shape index (κ1) is 13.1. The van der Waals surface area contributed by atoms with Gasteiger partial charge >= 0.3 is 0 Å². The minimum Gasteiger partial charge on any atom is -0.486 e. The van der Waals surface area contributed by atoms with Gasteiger partial charge in [-0.25, -0.2) is 4.98 Å². The van der Waals surface area contributed by atoms with Crippen molar-refractivity contribution in [2.45, 2.75) is 13.3 Å². The topological polar surface area (TPSA) is 62.3 Å². The zero-order chi connectivity index (χ0) is 14.3. The van der Waals surface area contributed by atoms with Crippen molar-refractivity contribution in [1.82, 2.24) is 9.55 Å². The number of rotatable bonds is 2. The van der Waals surface area contributed by atoms with Gasteiger partial charge in [0.1, 0.15) is 30.5 Å². The fourth-order valence-electron chi connectivity index (χ4n) is 2.34. The molecule has 1 aromatic carbocycles. The highest BCUT2D eigenvalue weighted by Gasteiger charge is 2.20. The zero-order valence-corrected chi connectivity index (χ0v) is 12.2. The molecule has 3 rings (SSSR count). The molecule has 106 valence electrons. The number of benzene rings is 1. The van der Waals surface area contributed by atoms with Crippen LogP contribution in [0, 0.1) is 0 Å². The lowest BCUT2D eigenvalue weighted by molar-refractivity contribution is 0.172. The molecule has 0 unspecified atom stereocenters. The maximum atomic E-state index is 6.25. The van der Waals surface area contributed by atoms with E-state index in [1.807, 2.05) is 30.7 Å². The molecule has 0 aliphatic carbocycles. The number of nitrogens with zero attached hydrogens (tertiary/aromatic N) is 2. The van der Waals surface area contributed by atoms with Crippen LogP contribution < -0.4 is 15.2 Å². The van der Waals surface area contributed by atoms with E-state index >= 15 is 0 Å². The van der Waals surface area contributed by atoms with Crippen LogP contribution in [0.15, 0.2) is 12.1 Å². The normalized spacial score (nSPS) is 13.6. The van der Waals surface area contributed by atoms with E-state index in [1.165, 1.54) is 0 Å². The maximum absolute atomic E-state index is 6.25. The van der Waals surface area contributed by atoms with Gasteiger partial charge in [0.2, 0.25) is 0 Å². The van der Waals surface area contributed by atoms with Crippen LogP contribution in [0.3, 0.4) is 0 Å². The Labute approximate surface area is 122 Å². The number of hydrogen-bond donors (Lipinski definition) is 1. The first-order valence-corrected chi connectivity index (χ1v) is 6.90. The molecule has 5 nitrogen and oxygen atoms in total. The van der Waals surface area contributed by atoms with Gasteiger partial charge < -0.3 is 19.8 Å². The summed E-state index contributed by atoms with van der Waals surface area (Å²) < 4.78 is 13.0. The number of ether oxygens (including phenoxy) is 2. The molecule has 1 aliphatic rings. The monoisotopic (exact) mass is 293 g/mol. The molecule has 2 N–H and O–H groups in total. The predicted molar refractivity (Wildman–Crippen MR) is 78.4 cm³/mol. The second-order valence-electron chi connectivity index (χ2n) is 4.66. The lowest BCUT2D eigenvalue weighted by Gasteiger charge is -2.20. The third-order valence-electron chi connectivity index (χ3n) is 3.42. The molecule has 0 bridgehead atoms. The number of fused-ring (bicyclic) bond motifs is 1. The van der Waals surface area contributed by atoms with E-state index in [0.29, 0.717) is 35.6 Å². The van der Waals surface area contributed by atoms with Gasteiger partial charge in [-0.05, 0) is 12.1 Å². The first-order chi connectivity index (χ1) is 9.61. The maximum Gasteiger partial charge on any atom is 0.179 e. The Bertz CT molecular complexity index is 667. The Morgan fingerprint density at radius 2 is 2.10 bits per heavy atom. The summed E-state index contributed by atoms with van der Waals surface area (Å²) in [6.07, 6.45) is 0.818. The molecule has 6 heteroatoms. The molecule has 0 saturated carbocycles. The average molecular weight is 294 g/mol. The van der Waals surface area contributed by atoms with Crippen molar-refractivity contribution in [2.75, 3.05) is 18.9 Å². The Morgan fingerprint density at radius 1 is 1.35 bits per heavy atom. The van der Waals surface area contributed by atoms with Gasteiger partial charge in [0.05, 0.1) is 5.02 Å². The number of nitrogen functional groups attached to an aromatic ring is 1. The van der Waals surface area contributed by atoms with Crippen LogP contribution in [-0.2, 0) is 13.5 Å². The minimum absolute atomic E-state index is 0.512. The lowest BCUT2D eigenvalue weighted by Crippen LogP contribution is -2.15. The van der Waals surface area contributed by atoms with Crippen LogP contribution in [0.5, 0.6) is 11.5 Å². The summed E-state index contributed by atoms with van der Waals surface area (Å²) in [6, 6.07) is 3.69. The van der Waals surface area contributed by atoms with Crippen molar-refractivity contribution >= 4 is 17.4 Å². The highest BCUT2D eigenvalue weighted by atomic mass is 35.5. The van der Waals surface area contributed by atoms with Gasteiger partial charge in [-0.3, -0.25) is 0 Å². The summed E-state index contributed by atoms with van der Waals surface area (Å²) in [5.74, 6) is 2.78. The van der Waals surface area contributed by atoms with Gasteiger partial charge in [0.25, 0.3) is 0 Å². The molecule has 1 aliphatic heterocycles. The number of anilines is 1. The van der Waals surface area contributed by atoms with Gasteiger partial charge in [-0.1, -0.05) is 18.5 Å². The molecule has 2 heterocycles. The summed E-state index contributed by atoms with van der Waals surface area (Å²) in [5.41, 5.74) is 7.69. The van der Waals surface area contributed by atoms with Gasteiger partial charge in [0, 0.05) is 19.0 Å². The van der Waals surface area contributed by atoms with Crippen molar-refractivity contribution in [3.05, 3.63) is 23.0 Å². The van der Waals surface area contributed by atoms with Crippen LogP contribution in [-0.4, -0.2) is 22.8 Å². The first-order valence-electron chi connectivity index (χ1n) is 6.52. The number of aromatic nitrogens is 2. The number of imidazole rings is 1. The summed E-state index contributed by atoms with van der Waals surface area (Å²) in [4.78, 5) is 4.57. The molecule has 0 amide bonds. The molecule has 20 heavy (non-hydrogen) atoms. The Morgan fingerprint density at radius 3 is 2.80 bits per heavy atom. The molecule has 0 radical (unpaired) electrons.